The first-order chi connectivity index (χ1) is 9.92. The van der Waals surface area contributed by atoms with Crippen molar-refractivity contribution in [2.24, 2.45) is 5.73 Å². The molecule has 3 N–H and O–H groups in total. The number of rotatable bonds is 3. The Labute approximate surface area is 126 Å². The number of hydrogen-bond acceptors (Lipinski definition) is 4. The fraction of sp³-hybridized carbons (Fsp3) is 0.467. The highest BCUT2D eigenvalue weighted by Crippen LogP contribution is 2.18. The minimum atomic E-state index is -3.56. The molecule has 0 bridgehead atoms. The molecule has 0 aromatic heterocycles. The maximum atomic E-state index is 12.6. The van der Waals surface area contributed by atoms with Gasteiger partial charge in [-0.1, -0.05) is 17.9 Å². The number of nitrogens with two attached hydrogens (primary N) is 1. The van der Waals surface area contributed by atoms with Crippen LogP contribution in [0, 0.1) is 18.8 Å². The third-order valence-electron chi connectivity index (χ3n) is 3.46. The lowest BCUT2D eigenvalue weighted by Crippen LogP contribution is -2.36. The van der Waals surface area contributed by atoms with E-state index in [1.807, 2.05) is 14.0 Å². The van der Waals surface area contributed by atoms with E-state index in [2.05, 4.69) is 21.5 Å². The average molecular weight is 307 g/mol. The van der Waals surface area contributed by atoms with E-state index < -0.39 is 10.0 Å². The molecule has 0 saturated carbocycles. The van der Waals surface area contributed by atoms with Crippen LogP contribution in [0.25, 0.3) is 0 Å². The highest BCUT2D eigenvalue weighted by Gasteiger charge is 2.26. The smallest absolute Gasteiger partial charge is 0.242 e. The van der Waals surface area contributed by atoms with E-state index in [-0.39, 0.29) is 17.5 Å². The maximum absolute atomic E-state index is 12.6. The van der Waals surface area contributed by atoms with Crippen molar-refractivity contribution in [3.8, 4) is 11.8 Å². The lowest BCUT2D eigenvalue weighted by Gasteiger charge is -2.14. The van der Waals surface area contributed by atoms with Crippen LogP contribution in [-0.2, 0) is 10.0 Å². The van der Waals surface area contributed by atoms with Crippen LogP contribution in [0.4, 0.5) is 0 Å². The third-order valence-corrected chi connectivity index (χ3v) is 5.04. The molecular formula is C15H21N3O2S. The monoisotopic (exact) mass is 307 g/mol. The summed E-state index contributed by atoms with van der Waals surface area (Å²) < 4.78 is 27.9. The highest BCUT2D eigenvalue weighted by atomic mass is 32.2. The summed E-state index contributed by atoms with van der Waals surface area (Å²) in [7, 11) is -1.58. The van der Waals surface area contributed by atoms with Gasteiger partial charge in [0.15, 0.2) is 0 Å². The molecule has 0 radical (unpaired) electrons. The van der Waals surface area contributed by atoms with Crippen LogP contribution in [0.1, 0.15) is 17.5 Å². The van der Waals surface area contributed by atoms with Crippen molar-refractivity contribution in [2.45, 2.75) is 24.3 Å². The van der Waals surface area contributed by atoms with Crippen LogP contribution < -0.4 is 10.5 Å². The minimum absolute atomic E-state index is 0.0448. The largest absolute Gasteiger partial charge is 0.320 e. The molecule has 6 heteroatoms. The number of nitrogens with zero attached hydrogens (tertiary/aromatic N) is 1. The van der Waals surface area contributed by atoms with Gasteiger partial charge < -0.3 is 10.6 Å². The average Bonchev–Trinajstić information content (AvgIpc) is 2.80. The summed E-state index contributed by atoms with van der Waals surface area (Å²) in [4.78, 5) is 2.33. The van der Waals surface area contributed by atoms with Gasteiger partial charge in [-0.05, 0) is 44.6 Å². The maximum Gasteiger partial charge on any atom is 0.242 e. The Kier molecular flexibility index (Phi) is 5.01. The fourth-order valence-corrected chi connectivity index (χ4v) is 3.84. The zero-order valence-corrected chi connectivity index (χ0v) is 13.2. The molecule has 1 aromatic rings. The lowest BCUT2D eigenvalue weighted by molar-refractivity contribution is 0.407. The Morgan fingerprint density at radius 1 is 1.48 bits per heavy atom. The summed E-state index contributed by atoms with van der Waals surface area (Å²) in [6.07, 6.45) is 0.825. The van der Waals surface area contributed by atoms with E-state index >= 15 is 0 Å². The number of aryl methyl sites for hydroxylation is 1. The van der Waals surface area contributed by atoms with Crippen LogP contribution in [0.2, 0.25) is 0 Å². The summed E-state index contributed by atoms with van der Waals surface area (Å²) in [5.74, 6) is 5.57. The summed E-state index contributed by atoms with van der Waals surface area (Å²) in [6.45, 7) is 3.74. The number of likely N-dealkylation sites (N-methyl/N-ethyl adjacent to an activating group) is 1. The van der Waals surface area contributed by atoms with Crippen molar-refractivity contribution < 1.29 is 8.42 Å². The molecule has 1 aromatic carbocycles. The van der Waals surface area contributed by atoms with Gasteiger partial charge in [0.1, 0.15) is 0 Å². The molecule has 1 fully saturated rings. The molecular weight excluding hydrogens is 286 g/mol. The molecule has 1 saturated heterocycles. The third kappa shape index (κ3) is 4.05. The van der Waals surface area contributed by atoms with Crippen molar-refractivity contribution >= 4 is 10.0 Å². The Balaban J connectivity index is 2.31. The van der Waals surface area contributed by atoms with Crippen LogP contribution in [0.5, 0.6) is 0 Å². The van der Waals surface area contributed by atoms with Crippen molar-refractivity contribution in [1.82, 2.24) is 9.62 Å². The molecule has 0 aliphatic carbocycles. The SMILES string of the molecule is Cc1ccc(S(=O)(=O)NC2CCN(C)C2)c(C#CCN)c1. The first-order valence-electron chi connectivity index (χ1n) is 6.93. The molecule has 1 atom stereocenters. The van der Waals surface area contributed by atoms with Gasteiger partial charge in [0, 0.05) is 18.2 Å². The van der Waals surface area contributed by atoms with E-state index in [1.165, 1.54) is 0 Å². The Hall–Kier alpha value is -1.39. The molecule has 21 heavy (non-hydrogen) atoms. The molecule has 1 heterocycles. The number of nitrogens with one attached hydrogen (secondary N) is 1. The van der Waals surface area contributed by atoms with E-state index in [4.69, 9.17) is 5.73 Å². The Morgan fingerprint density at radius 2 is 2.24 bits per heavy atom. The lowest BCUT2D eigenvalue weighted by atomic mass is 10.1. The van der Waals surface area contributed by atoms with E-state index in [0.717, 1.165) is 25.1 Å². The normalized spacial score (nSPS) is 19.3. The van der Waals surface area contributed by atoms with Gasteiger partial charge in [-0.25, -0.2) is 13.1 Å². The first kappa shape index (κ1) is 16.0. The summed E-state index contributed by atoms with van der Waals surface area (Å²) in [5, 5.41) is 0. The van der Waals surface area contributed by atoms with Crippen molar-refractivity contribution in [3.05, 3.63) is 29.3 Å². The van der Waals surface area contributed by atoms with E-state index in [1.54, 1.807) is 18.2 Å². The number of likely N-dealkylation sites (tertiary alicyclic amines) is 1. The fourth-order valence-electron chi connectivity index (χ4n) is 2.44. The summed E-state index contributed by atoms with van der Waals surface area (Å²) in [6, 6.07) is 5.12. The number of sulfonamides is 1. The molecule has 5 nitrogen and oxygen atoms in total. The van der Waals surface area contributed by atoms with Gasteiger partial charge in [-0.2, -0.15) is 0 Å². The van der Waals surface area contributed by atoms with Crippen LogP contribution in [0.15, 0.2) is 23.1 Å². The van der Waals surface area contributed by atoms with E-state index in [0.29, 0.717) is 5.56 Å². The van der Waals surface area contributed by atoms with Gasteiger partial charge in [-0.3, -0.25) is 0 Å². The minimum Gasteiger partial charge on any atom is -0.320 e. The molecule has 2 rings (SSSR count). The van der Waals surface area contributed by atoms with Gasteiger partial charge in [0.2, 0.25) is 10.0 Å². The zero-order chi connectivity index (χ0) is 15.5. The first-order valence-corrected chi connectivity index (χ1v) is 8.41. The molecule has 114 valence electrons. The van der Waals surface area contributed by atoms with Crippen molar-refractivity contribution in [2.75, 3.05) is 26.7 Å². The molecule has 1 aliphatic rings. The van der Waals surface area contributed by atoms with Crippen molar-refractivity contribution in [1.29, 1.82) is 0 Å². The Morgan fingerprint density at radius 3 is 2.86 bits per heavy atom. The predicted octanol–water partition coefficient (Wildman–Crippen LogP) is 0.288. The van der Waals surface area contributed by atoms with Gasteiger partial charge in [-0.15, -0.1) is 0 Å². The van der Waals surface area contributed by atoms with Crippen LogP contribution in [-0.4, -0.2) is 46.0 Å². The summed E-state index contributed by atoms with van der Waals surface area (Å²) in [5.41, 5.74) is 6.84. The van der Waals surface area contributed by atoms with E-state index in [9.17, 15) is 8.42 Å². The quantitative estimate of drug-likeness (QED) is 0.787. The summed E-state index contributed by atoms with van der Waals surface area (Å²) >= 11 is 0. The number of benzene rings is 1. The number of hydrogen-bond donors (Lipinski definition) is 2. The van der Waals surface area contributed by atoms with Crippen LogP contribution in [0.3, 0.4) is 0 Å². The predicted molar refractivity (Wildman–Crippen MR) is 83.3 cm³/mol. The molecule has 0 spiro atoms. The van der Waals surface area contributed by atoms with Gasteiger partial charge >= 0.3 is 0 Å². The van der Waals surface area contributed by atoms with Gasteiger partial charge in [0.25, 0.3) is 0 Å². The topological polar surface area (TPSA) is 75.4 Å². The van der Waals surface area contributed by atoms with Gasteiger partial charge in [0.05, 0.1) is 11.4 Å². The molecule has 0 amide bonds. The molecule has 1 unspecified atom stereocenters. The van der Waals surface area contributed by atoms with Crippen molar-refractivity contribution in [3.63, 3.8) is 0 Å². The second-order valence-electron chi connectivity index (χ2n) is 5.37. The second-order valence-corrected chi connectivity index (χ2v) is 7.06. The zero-order valence-electron chi connectivity index (χ0n) is 12.4. The Bertz CT molecular complexity index is 674. The second kappa shape index (κ2) is 6.58. The highest BCUT2D eigenvalue weighted by molar-refractivity contribution is 7.89. The van der Waals surface area contributed by atoms with Crippen LogP contribution >= 0.6 is 0 Å². The standard InChI is InChI=1S/C15H21N3O2S/c1-12-5-6-15(13(10-12)4-3-8-16)21(19,20)17-14-7-9-18(2)11-14/h5-6,10,14,17H,7-9,11,16H2,1-2H3. The molecule has 1 aliphatic heterocycles.